The molecule has 0 unspecified atom stereocenters. The molecule has 0 radical (unpaired) electrons. The van der Waals surface area contributed by atoms with Crippen LogP contribution < -0.4 is 5.32 Å². The molecule has 0 spiro atoms. The predicted octanol–water partition coefficient (Wildman–Crippen LogP) is 4.64. The molecule has 0 aliphatic carbocycles. The lowest BCUT2D eigenvalue weighted by molar-refractivity contribution is -0.129. The molecule has 1 N–H and O–H groups in total. The number of likely N-dealkylation sites (tertiary alicyclic amines) is 1. The van der Waals surface area contributed by atoms with E-state index >= 15 is 0 Å². The topological polar surface area (TPSA) is 62.3 Å². The van der Waals surface area contributed by atoms with Crippen molar-refractivity contribution in [1.29, 1.82) is 0 Å². The molecule has 2 aromatic carbocycles. The Bertz CT molecular complexity index is 1090. The van der Waals surface area contributed by atoms with Gasteiger partial charge in [-0.05, 0) is 30.7 Å². The van der Waals surface area contributed by atoms with E-state index in [0.717, 1.165) is 17.7 Å². The fourth-order valence-electron chi connectivity index (χ4n) is 3.52. The molecule has 1 saturated heterocycles. The molecule has 1 aromatic heterocycles. The molecule has 0 bridgehead atoms. The first-order valence-electron chi connectivity index (χ1n) is 9.48. The summed E-state index contributed by atoms with van der Waals surface area (Å²) < 4.78 is 26.6. The lowest BCUT2D eigenvalue weighted by Crippen LogP contribution is -2.30. The number of halogens is 2. The number of nitrogens with zero attached hydrogens (tertiary/aromatic N) is 2. The van der Waals surface area contributed by atoms with E-state index in [0.29, 0.717) is 22.9 Å². The minimum absolute atomic E-state index is 0.0619. The predicted molar refractivity (Wildman–Crippen MR) is 111 cm³/mol. The van der Waals surface area contributed by atoms with Crippen molar-refractivity contribution >= 4 is 28.3 Å². The van der Waals surface area contributed by atoms with E-state index in [2.05, 4.69) is 10.3 Å². The zero-order chi connectivity index (χ0) is 21.3. The van der Waals surface area contributed by atoms with Crippen molar-refractivity contribution in [1.82, 2.24) is 9.88 Å². The third-order valence-electron chi connectivity index (χ3n) is 5.23. The lowest BCUT2D eigenvalue weighted by atomic mass is 10.1. The average Bonchev–Trinajstić information content (AvgIpc) is 3.37. The summed E-state index contributed by atoms with van der Waals surface area (Å²) >= 11 is 1.19. The average molecular weight is 427 g/mol. The summed E-state index contributed by atoms with van der Waals surface area (Å²) in [6.45, 7) is 2.28. The number of hydrogen-bond donors (Lipinski definition) is 1. The minimum atomic E-state index is -0.955. The normalized spacial score (nSPS) is 17.2. The summed E-state index contributed by atoms with van der Waals surface area (Å²) in [6, 6.07) is 13.1. The van der Waals surface area contributed by atoms with Crippen LogP contribution in [0, 0.1) is 17.6 Å². The van der Waals surface area contributed by atoms with Crippen molar-refractivity contribution in [2.75, 3.05) is 11.9 Å². The highest BCUT2D eigenvalue weighted by Gasteiger charge is 2.37. The van der Waals surface area contributed by atoms with Crippen LogP contribution in [0.2, 0.25) is 0 Å². The first kappa shape index (κ1) is 20.2. The zero-order valence-electron chi connectivity index (χ0n) is 16.1. The molecular formula is C22H19F2N3O2S. The van der Waals surface area contributed by atoms with Crippen molar-refractivity contribution in [3.05, 3.63) is 71.1 Å². The highest BCUT2D eigenvalue weighted by Crippen LogP contribution is 2.30. The summed E-state index contributed by atoms with van der Waals surface area (Å²) in [7, 11) is 0. The third kappa shape index (κ3) is 4.09. The summed E-state index contributed by atoms with van der Waals surface area (Å²) in [5, 5.41) is 4.75. The number of aromatic nitrogens is 1. The molecule has 1 aliphatic heterocycles. The van der Waals surface area contributed by atoms with Crippen LogP contribution in [0.25, 0.3) is 11.3 Å². The molecule has 8 heteroatoms. The monoisotopic (exact) mass is 427 g/mol. The largest absolute Gasteiger partial charge is 0.335 e. The Morgan fingerprint density at radius 3 is 2.70 bits per heavy atom. The SMILES string of the molecule is C[C@@H](c1ccccc1)N1C[C@@H](C(=O)Nc2nc(-c3ccc(F)c(F)c3)cs2)CC1=O. The smallest absolute Gasteiger partial charge is 0.231 e. The second-order valence-electron chi connectivity index (χ2n) is 7.19. The Morgan fingerprint density at radius 1 is 1.20 bits per heavy atom. The van der Waals surface area contributed by atoms with Gasteiger partial charge in [-0.3, -0.25) is 9.59 Å². The van der Waals surface area contributed by atoms with Crippen molar-refractivity contribution in [2.45, 2.75) is 19.4 Å². The summed E-state index contributed by atoms with van der Waals surface area (Å²) in [5.41, 5.74) is 1.88. The van der Waals surface area contributed by atoms with Gasteiger partial charge in [-0.15, -0.1) is 11.3 Å². The van der Waals surface area contributed by atoms with Crippen molar-refractivity contribution < 1.29 is 18.4 Å². The zero-order valence-corrected chi connectivity index (χ0v) is 17.0. The number of benzene rings is 2. The fraction of sp³-hybridized carbons (Fsp3) is 0.227. The first-order valence-corrected chi connectivity index (χ1v) is 10.4. The van der Waals surface area contributed by atoms with E-state index in [1.165, 1.54) is 17.4 Å². The number of hydrogen-bond acceptors (Lipinski definition) is 4. The Kier molecular flexibility index (Phi) is 5.59. The number of nitrogens with one attached hydrogen (secondary N) is 1. The van der Waals surface area contributed by atoms with Crippen molar-refractivity contribution in [2.24, 2.45) is 5.92 Å². The molecule has 2 heterocycles. The van der Waals surface area contributed by atoms with Crippen LogP contribution >= 0.6 is 11.3 Å². The van der Waals surface area contributed by atoms with E-state index in [-0.39, 0.29) is 24.3 Å². The van der Waals surface area contributed by atoms with Gasteiger partial charge in [-0.25, -0.2) is 13.8 Å². The molecule has 0 saturated carbocycles. The number of rotatable bonds is 5. The Labute approximate surface area is 176 Å². The molecule has 1 aliphatic rings. The maximum Gasteiger partial charge on any atom is 0.231 e. The Balaban J connectivity index is 1.42. The van der Waals surface area contributed by atoms with Gasteiger partial charge in [0.2, 0.25) is 11.8 Å². The van der Waals surface area contributed by atoms with Crippen LogP contribution in [0.4, 0.5) is 13.9 Å². The maximum absolute atomic E-state index is 13.4. The van der Waals surface area contributed by atoms with Crippen LogP contribution in [0.15, 0.2) is 53.9 Å². The number of amides is 2. The molecule has 1 fully saturated rings. The molecular weight excluding hydrogens is 408 g/mol. The van der Waals surface area contributed by atoms with E-state index in [4.69, 9.17) is 0 Å². The first-order chi connectivity index (χ1) is 14.4. The quantitative estimate of drug-likeness (QED) is 0.646. The van der Waals surface area contributed by atoms with Crippen LogP contribution in [-0.2, 0) is 9.59 Å². The molecule has 2 amide bonds. The second kappa shape index (κ2) is 8.31. The molecule has 3 aromatic rings. The van der Waals surface area contributed by atoms with Crippen LogP contribution in [-0.4, -0.2) is 28.2 Å². The van der Waals surface area contributed by atoms with E-state index in [1.54, 1.807) is 10.3 Å². The molecule has 4 rings (SSSR count). The van der Waals surface area contributed by atoms with Gasteiger partial charge in [-0.1, -0.05) is 30.3 Å². The lowest BCUT2D eigenvalue weighted by Gasteiger charge is -2.25. The minimum Gasteiger partial charge on any atom is -0.335 e. The van der Waals surface area contributed by atoms with Gasteiger partial charge in [-0.2, -0.15) is 0 Å². The third-order valence-corrected chi connectivity index (χ3v) is 5.99. The molecule has 30 heavy (non-hydrogen) atoms. The number of anilines is 1. The Morgan fingerprint density at radius 2 is 1.97 bits per heavy atom. The van der Waals surface area contributed by atoms with Crippen molar-refractivity contribution in [3.63, 3.8) is 0 Å². The highest BCUT2D eigenvalue weighted by atomic mass is 32.1. The van der Waals surface area contributed by atoms with Gasteiger partial charge in [0.25, 0.3) is 0 Å². The van der Waals surface area contributed by atoms with Crippen molar-refractivity contribution in [3.8, 4) is 11.3 Å². The van der Waals surface area contributed by atoms with E-state index in [9.17, 15) is 18.4 Å². The van der Waals surface area contributed by atoms with Crippen LogP contribution in [0.1, 0.15) is 24.9 Å². The molecule has 2 atom stereocenters. The Hall–Kier alpha value is -3.13. The van der Waals surface area contributed by atoms with Gasteiger partial charge in [0.1, 0.15) is 0 Å². The van der Waals surface area contributed by atoms with Gasteiger partial charge in [0, 0.05) is 23.9 Å². The number of carbonyl (C=O) groups is 2. The van der Waals surface area contributed by atoms with Crippen LogP contribution in [0.5, 0.6) is 0 Å². The van der Waals surface area contributed by atoms with E-state index < -0.39 is 17.6 Å². The molecule has 154 valence electrons. The highest BCUT2D eigenvalue weighted by molar-refractivity contribution is 7.14. The standard InChI is InChI=1S/C22H19F2N3O2S/c1-13(14-5-3-2-4-6-14)27-11-16(10-20(27)28)21(29)26-22-25-19(12-30-22)15-7-8-17(23)18(24)9-15/h2-9,12-13,16H,10-11H2,1H3,(H,25,26,29)/t13-,16-/m0/s1. The summed E-state index contributed by atoms with van der Waals surface area (Å²) in [5.74, 6) is -2.70. The summed E-state index contributed by atoms with van der Waals surface area (Å²) in [6.07, 6.45) is 0.143. The maximum atomic E-state index is 13.4. The fourth-order valence-corrected chi connectivity index (χ4v) is 4.24. The van der Waals surface area contributed by atoms with Gasteiger partial charge >= 0.3 is 0 Å². The molecule has 5 nitrogen and oxygen atoms in total. The number of carbonyl (C=O) groups excluding carboxylic acids is 2. The van der Waals surface area contributed by atoms with E-state index in [1.807, 2.05) is 37.3 Å². The summed E-state index contributed by atoms with van der Waals surface area (Å²) in [4.78, 5) is 31.1. The van der Waals surface area contributed by atoms with Crippen LogP contribution in [0.3, 0.4) is 0 Å². The van der Waals surface area contributed by atoms with Gasteiger partial charge in [0.05, 0.1) is 17.7 Å². The van der Waals surface area contributed by atoms with Gasteiger partial charge in [0.15, 0.2) is 16.8 Å². The van der Waals surface area contributed by atoms with Gasteiger partial charge < -0.3 is 10.2 Å². The number of thiazole rings is 1. The second-order valence-corrected chi connectivity index (χ2v) is 8.05.